The topological polar surface area (TPSA) is 97.4 Å². The van der Waals surface area contributed by atoms with Crippen LogP contribution in [0.15, 0.2) is 66.7 Å². The summed E-state index contributed by atoms with van der Waals surface area (Å²) in [5.74, 6) is 1.03. The van der Waals surface area contributed by atoms with Crippen LogP contribution in [-0.2, 0) is 16.1 Å². The maximum Gasteiger partial charge on any atom is 0.332 e. The van der Waals surface area contributed by atoms with E-state index in [-0.39, 0.29) is 25.7 Å². The van der Waals surface area contributed by atoms with Gasteiger partial charge in [-0.3, -0.25) is 9.59 Å². The molecule has 0 saturated carbocycles. The quantitative estimate of drug-likeness (QED) is 0.504. The Morgan fingerprint density at radius 2 is 1.72 bits per heavy atom. The molecule has 2 aliphatic heterocycles. The van der Waals surface area contributed by atoms with E-state index in [0.29, 0.717) is 28.6 Å². The summed E-state index contributed by atoms with van der Waals surface area (Å²) >= 11 is 0. The van der Waals surface area contributed by atoms with Crippen molar-refractivity contribution in [3.63, 3.8) is 0 Å². The van der Waals surface area contributed by atoms with Gasteiger partial charge in [0.05, 0.1) is 19.2 Å². The molecule has 184 valence electrons. The third-order valence-corrected chi connectivity index (χ3v) is 6.15. The van der Waals surface area contributed by atoms with Gasteiger partial charge in [-0.1, -0.05) is 23.8 Å². The molecule has 3 aromatic rings. The second-order valence-electron chi connectivity index (χ2n) is 8.60. The average molecular weight is 488 g/mol. The van der Waals surface area contributed by atoms with E-state index in [2.05, 4.69) is 5.32 Å². The first-order chi connectivity index (χ1) is 17.4. The van der Waals surface area contributed by atoms with Gasteiger partial charge in [-0.15, -0.1) is 0 Å². The molecule has 1 saturated heterocycles. The molecule has 9 heteroatoms. The Balaban J connectivity index is 1.40. The number of hydrogen-bond acceptors (Lipinski definition) is 6. The molecule has 36 heavy (non-hydrogen) atoms. The van der Waals surface area contributed by atoms with E-state index in [1.54, 1.807) is 55.6 Å². The van der Waals surface area contributed by atoms with Crippen LogP contribution in [0.4, 0.5) is 16.2 Å². The van der Waals surface area contributed by atoms with Gasteiger partial charge in [0.25, 0.3) is 5.91 Å². The molecule has 0 radical (unpaired) electrons. The van der Waals surface area contributed by atoms with Crippen LogP contribution in [0, 0.1) is 6.92 Å². The maximum absolute atomic E-state index is 13.5. The van der Waals surface area contributed by atoms with Crippen molar-refractivity contribution in [3.05, 3.63) is 77.9 Å². The lowest BCUT2D eigenvalue weighted by molar-refractivity contribution is -0.124. The second kappa shape index (κ2) is 9.61. The summed E-state index contributed by atoms with van der Waals surface area (Å²) in [6, 6.07) is 17.9. The molecule has 4 amide bonds. The first kappa shape index (κ1) is 23.2. The molecule has 0 aromatic heterocycles. The number of benzene rings is 3. The number of fused-ring (bicyclic) bond motifs is 1. The summed E-state index contributed by atoms with van der Waals surface area (Å²) < 4.78 is 16.0. The van der Waals surface area contributed by atoms with Gasteiger partial charge in [-0.2, -0.15) is 0 Å². The molecule has 3 aromatic carbocycles. The zero-order valence-electron chi connectivity index (χ0n) is 19.9. The molecular weight excluding hydrogens is 462 g/mol. The Hall–Kier alpha value is -4.53. The van der Waals surface area contributed by atoms with E-state index in [1.807, 2.05) is 25.1 Å². The molecule has 5 rings (SSSR count). The van der Waals surface area contributed by atoms with Crippen molar-refractivity contribution < 1.29 is 28.6 Å². The van der Waals surface area contributed by atoms with Crippen LogP contribution in [0.2, 0.25) is 0 Å². The van der Waals surface area contributed by atoms with Gasteiger partial charge >= 0.3 is 6.03 Å². The number of anilines is 2. The van der Waals surface area contributed by atoms with Gasteiger partial charge in [0.15, 0.2) is 11.5 Å². The highest BCUT2D eigenvalue weighted by molar-refractivity contribution is 6.22. The number of ether oxygens (including phenoxy) is 3. The van der Waals surface area contributed by atoms with Crippen molar-refractivity contribution in [2.45, 2.75) is 25.9 Å². The number of carbonyl (C=O) groups excluding carboxylic acids is 3. The van der Waals surface area contributed by atoms with Crippen LogP contribution in [0.5, 0.6) is 17.2 Å². The largest absolute Gasteiger partial charge is 0.497 e. The monoisotopic (exact) mass is 487 g/mol. The van der Waals surface area contributed by atoms with Gasteiger partial charge in [0, 0.05) is 12.2 Å². The molecule has 2 heterocycles. The minimum atomic E-state index is -0.970. The fourth-order valence-corrected chi connectivity index (χ4v) is 4.24. The summed E-state index contributed by atoms with van der Waals surface area (Å²) in [6.45, 7) is 2.19. The molecule has 0 unspecified atom stereocenters. The molecule has 2 aliphatic rings. The number of methoxy groups -OCH3 is 1. The van der Waals surface area contributed by atoms with Crippen LogP contribution in [0.25, 0.3) is 0 Å². The standard InChI is InChI=1S/C27H25N3O6/c1-17-3-8-20(9-4-17)30-26(32)22(14-25(31)28-19-6-10-21(34-2)11-7-19)29(27(30)33)15-18-5-12-23-24(13-18)36-16-35-23/h3-13,22H,14-16H2,1-2H3,(H,28,31)/t22-/m1/s1. The lowest BCUT2D eigenvalue weighted by atomic mass is 10.1. The third-order valence-electron chi connectivity index (χ3n) is 6.15. The van der Waals surface area contributed by atoms with Crippen molar-refractivity contribution >= 4 is 29.2 Å². The normalized spacial score (nSPS) is 16.4. The minimum Gasteiger partial charge on any atom is -0.497 e. The van der Waals surface area contributed by atoms with Crippen molar-refractivity contribution in [2.24, 2.45) is 0 Å². The Morgan fingerprint density at radius 1 is 1.00 bits per heavy atom. The number of carbonyl (C=O) groups is 3. The van der Waals surface area contributed by atoms with Gasteiger partial charge in [-0.05, 0) is 61.0 Å². The lowest BCUT2D eigenvalue weighted by Crippen LogP contribution is -2.37. The first-order valence-electron chi connectivity index (χ1n) is 11.5. The summed E-state index contributed by atoms with van der Waals surface area (Å²) in [7, 11) is 1.56. The number of aryl methyl sites for hydroxylation is 1. The zero-order valence-corrected chi connectivity index (χ0v) is 19.9. The summed E-state index contributed by atoms with van der Waals surface area (Å²) in [5.41, 5.74) is 2.79. The molecule has 0 aliphatic carbocycles. The number of nitrogens with zero attached hydrogens (tertiary/aromatic N) is 2. The highest BCUT2D eigenvalue weighted by Gasteiger charge is 2.46. The van der Waals surface area contributed by atoms with Crippen LogP contribution < -0.4 is 24.4 Å². The zero-order chi connectivity index (χ0) is 25.2. The summed E-state index contributed by atoms with van der Waals surface area (Å²) in [6.07, 6.45) is -0.191. The molecule has 1 N–H and O–H groups in total. The predicted octanol–water partition coefficient (Wildman–Crippen LogP) is 4.10. The highest BCUT2D eigenvalue weighted by atomic mass is 16.7. The van der Waals surface area contributed by atoms with E-state index in [9.17, 15) is 14.4 Å². The second-order valence-corrected chi connectivity index (χ2v) is 8.60. The van der Waals surface area contributed by atoms with Crippen LogP contribution >= 0.6 is 0 Å². The number of urea groups is 1. The van der Waals surface area contributed by atoms with Crippen LogP contribution in [-0.4, -0.2) is 42.7 Å². The molecule has 1 atom stereocenters. The van der Waals surface area contributed by atoms with Crippen molar-refractivity contribution in [2.75, 3.05) is 24.1 Å². The fraction of sp³-hybridized carbons (Fsp3) is 0.222. The Labute approximate surface area is 208 Å². The SMILES string of the molecule is COc1ccc(NC(=O)C[C@@H]2C(=O)N(c3ccc(C)cc3)C(=O)N2Cc2ccc3c(c2)OCO3)cc1. The van der Waals surface area contributed by atoms with Gasteiger partial charge < -0.3 is 24.4 Å². The molecule has 0 spiro atoms. The third kappa shape index (κ3) is 4.55. The van der Waals surface area contributed by atoms with Crippen molar-refractivity contribution in [1.82, 2.24) is 4.90 Å². The summed E-state index contributed by atoms with van der Waals surface area (Å²) in [4.78, 5) is 42.5. The number of imide groups is 1. The Bertz CT molecular complexity index is 1310. The Kier molecular flexibility index (Phi) is 6.20. The van der Waals surface area contributed by atoms with E-state index >= 15 is 0 Å². The van der Waals surface area contributed by atoms with Crippen LogP contribution in [0.3, 0.4) is 0 Å². The van der Waals surface area contributed by atoms with Crippen molar-refractivity contribution in [1.29, 1.82) is 0 Å². The molecule has 0 bridgehead atoms. The average Bonchev–Trinajstić information content (AvgIpc) is 3.43. The van der Waals surface area contributed by atoms with E-state index in [4.69, 9.17) is 14.2 Å². The first-order valence-corrected chi connectivity index (χ1v) is 11.5. The lowest BCUT2D eigenvalue weighted by Gasteiger charge is -2.22. The minimum absolute atomic E-state index is 0.129. The highest BCUT2D eigenvalue weighted by Crippen LogP contribution is 2.34. The van der Waals surface area contributed by atoms with Crippen molar-refractivity contribution in [3.8, 4) is 17.2 Å². The van der Waals surface area contributed by atoms with E-state index < -0.39 is 18.0 Å². The van der Waals surface area contributed by atoms with Gasteiger partial charge in [0.2, 0.25) is 12.7 Å². The summed E-state index contributed by atoms with van der Waals surface area (Å²) in [5, 5.41) is 2.80. The van der Waals surface area contributed by atoms with Gasteiger partial charge in [0.1, 0.15) is 11.8 Å². The number of nitrogens with one attached hydrogen (secondary N) is 1. The molecule has 9 nitrogen and oxygen atoms in total. The van der Waals surface area contributed by atoms with E-state index in [0.717, 1.165) is 16.0 Å². The Morgan fingerprint density at radius 3 is 2.44 bits per heavy atom. The molecule has 1 fully saturated rings. The van der Waals surface area contributed by atoms with E-state index in [1.165, 1.54) is 4.90 Å². The number of amides is 4. The fourth-order valence-electron chi connectivity index (χ4n) is 4.24. The smallest absolute Gasteiger partial charge is 0.332 e. The number of hydrogen-bond donors (Lipinski definition) is 1. The van der Waals surface area contributed by atoms with Gasteiger partial charge in [-0.25, -0.2) is 9.69 Å². The van der Waals surface area contributed by atoms with Crippen LogP contribution in [0.1, 0.15) is 17.5 Å². The number of rotatable bonds is 7. The predicted molar refractivity (Wildman–Crippen MR) is 132 cm³/mol. The molecular formula is C27H25N3O6. The maximum atomic E-state index is 13.5.